The van der Waals surface area contributed by atoms with E-state index < -0.39 is 0 Å². The molecule has 0 unspecified atom stereocenters. The van der Waals surface area contributed by atoms with Gasteiger partial charge in [-0.15, -0.1) is 0 Å². The second-order valence-electron chi connectivity index (χ2n) is 6.50. The van der Waals surface area contributed by atoms with Gasteiger partial charge >= 0.3 is 6.03 Å². The zero-order chi connectivity index (χ0) is 18.1. The summed E-state index contributed by atoms with van der Waals surface area (Å²) in [6.45, 7) is 3.26. The molecular weight excluding hydrogens is 350 g/mol. The van der Waals surface area contributed by atoms with E-state index in [-0.39, 0.29) is 11.9 Å². The Morgan fingerprint density at radius 1 is 1.42 bits per heavy atom. The zero-order valence-electron chi connectivity index (χ0n) is 14.5. The minimum atomic E-state index is -0.0748. The number of rotatable bonds is 2. The topological polar surface area (TPSA) is 111 Å². The van der Waals surface area contributed by atoms with Crippen LogP contribution >= 0.6 is 11.5 Å². The Balaban J connectivity index is 1.40. The summed E-state index contributed by atoms with van der Waals surface area (Å²) in [7, 11) is 0. The molecule has 2 aromatic heterocycles. The van der Waals surface area contributed by atoms with Crippen LogP contribution in [-0.4, -0.2) is 39.7 Å². The molecule has 0 spiro atoms. The van der Waals surface area contributed by atoms with Crippen LogP contribution in [0.4, 0.5) is 15.6 Å². The maximum atomic E-state index is 12.4. The average molecular weight is 371 g/mol. The minimum absolute atomic E-state index is 0.0748. The van der Waals surface area contributed by atoms with Gasteiger partial charge in [0.15, 0.2) is 0 Å². The predicted octanol–water partition coefficient (Wildman–Crippen LogP) is 2.61. The smallest absolute Gasteiger partial charge is 0.322 e. The lowest BCUT2D eigenvalue weighted by atomic mass is 9.91. The molecule has 0 aliphatic carbocycles. The van der Waals surface area contributed by atoms with Crippen LogP contribution in [0.25, 0.3) is 5.70 Å². The molecule has 0 radical (unpaired) electrons. The van der Waals surface area contributed by atoms with Crippen LogP contribution < -0.4 is 16.4 Å². The van der Waals surface area contributed by atoms with E-state index in [4.69, 9.17) is 5.73 Å². The van der Waals surface area contributed by atoms with Gasteiger partial charge in [-0.3, -0.25) is 5.32 Å². The monoisotopic (exact) mass is 371 g/mol. The summed E-state index contributed by atoms with van der Waals surface area (Å²) in [6, 6.07) is 3.78. The quantitative estimate of drug-likeness (QED) is 0.650. The van der Waals surface area contributed by atoms with Crippen molar-refractivity contribution in [3.63, 3.8) is 0 Å². The molecule has 1 fully saturated rings. The number of piperidine rings is 1. The number of carbonyl (C=O) groups is 1. The number of nitrogens with two attached hydrogens (primary N) is 1. The number of fused-ring (bicyclic) bond motifs is 1. The summed E-state index contributed by atoms with van der Waals surface area (Å²) in [5.41, 5.74) is 10.1. The van der Waals surface area contributed by atoms with Crippen LogP contribution in [0.2, 0.25) is 0 Å². The Morgan fingerprint density at radius 3 is 2.96 bits per heavy atom. The fraction of sp³-hybridized carbons (Fsp3) is 0.353. The molecule has 0 atom stereocenters. The molecule has 4 rings (SSSR count). The van der Waals surface area contributed by atoms with Gasteiger partial charge in [0.05, 0.1) is 17.7 Å². The molecule has 8 nitrogen and oxygen atoms in total. The highest BCUT2D eigenvalue weighted by Gasteiger charge is 2.27. The number of anilines is 1. The third kappa shape index (κ3) is 3.17. The second-order valence-corrected chi connectivity index (χ2v) is 7.30. The lowest BCUT2D eigenvalue weighted by molar-refractivity contribution is 0.189. The molecule has 2 amide bonds. The third-order valence-electron chi connectivity index (χ3n) is 4.77. The minimum Gasteiger partial charge on any atom is -0.400 e. The molecule has 4 heterocycles. The number of aromatic amines is 1. The first-order valence-corrected chi connectivity index (χ1v) is 9.35. The number of likely N-dealkylation sites (tertiary alicyclic amines) is 1. The maximum absolute atomic E-state index is 12.4. The highest BCUT2D eigenvalue weighted by Crippen LogP contribution is 2.32. The number of aryl methyl sites for hydroxylation is 1. The molecule has 2 aliphatic rings. The fourth-order valence-electron chi connectivity index (χ4n) is 3.35. The standard InChI is InChI=1S/C17H21N7OS/c1-10-8-13(26-23-10)22-17(25)24-6-3-11(4-7-24)14(18)15-12-2-5-19-16(12)21-9-20-15/h2,5,8-9,11,19H,3-4,6-7,18H2,1H3,(H,20,21)(H,22,25)/b15-14-. The molecule has 1 saturated heterocycles. The predicted molar refractivity (Wildman–Crippen MR) is 103 cm³/mol. The first-order valence-electron chi connectivity index (χ1n) is 8.57. The Hall–Kier alpha value is -2.81. The van der Waals surface area contributed by atoms with E-state index in [2.05, 4.69) is 25.0 Å². The molecule has 136 valence electrons. The maximum Gasteiger partial charge on any atom is 0.322 e. The number of hydrogen-bond acceptors (Lipinski definition) is 6. The number of hydrogen-bond donors (Lipinski definition) is 4. The lowest BCUT2D eigenvalue weighted by Gasteiger charge is -2.33. The number of nitrogens with zero attached hydrogens (tertiary/aromatic N) is 3. The van der Waals surface area contributed by atoms with Gasteiger partial charge in [0.2, 0.25) is 0 Å². The van der Waals surface area contributed by atoms with E-state index in [1.54, 1.807) is 6.34 Å². The Labute approximate surface area is 155 Å². The highest BCUT2D eigenvalue weighted by molar-refractivity contribution is 7.10. The largest absolute Gasteiger partial charge is 0.400 e. The van der Waals surface area contributed by atoms with Gasteiger partial charge in [-0.1, -0.05) is 0 Å². The summed E-state index contributed by atoms with van der Waals surface area (Å²) in [6.07, 6.45) is 5.18. The first kappa shape index (κ1) is 16.6. The van der Waals surface area contributed by atoms with Crippen LogP contribution in [-0.2, 0) is 0 Å². The van der Waals surface area contributed by atoms with E-state index in [1.165, 1.54) is 11.5 Å². The number of allylic oxidation sites excluding steroid dienone is 1. The van der Waals surface area contributed by atoms with Crippen molar-refractivity contribution in [2.24, 2.45) is 16.6 Å². The van der Waals surface area contributed by atoms with E-state index in [0.29, 0.717) is 13.1 Å². The van der Waals surface area contributed by atoms with E-state index in [1.807, 2.05) is 30.2 Å². The van der Waals surface area contributed by atoms with Gasteiger partial charge in [-0.25, -0.2) is 9.79 Å². The van der Waals surface area contributed by atoms with Crippen molar-refractivity contribution < 1.29 is 4.79 Å². The third-order valence-corrected chi connectivity index (χ3v) is 5.56. The van der Waals surface area contributed by atoms with Crippen molar-refractivity contribution in [2.75, 3.05) is 18.4 Å². The van der Waals surface area contributed by atoms with Crippen LogP contribution in [0.1, 0.15) is 24.1 Å². The molecule has 2 aliphatic heterocycles. The van der Waals surface area contributed by atoms with Gasteiger partial charge < -0.3 is 20.9 Å². The second kappa shape index (κ2) is 6.83. The van der Waals surface area contributed by atoms with Crippen molar-refractivity contribution in [3.8, 4) is 0 Å². The van der Waals surface area contributed by atoms with Gasteiger partial charge in [0.1, 0.15) is 10.8 Å². The molecular formula is C17H21N7OS. The number of aromatic nitrogens is 2. The Kier molecular flexibility index (Phi) is 4.37. The summed E-state index contributed by atoms with van der Waals surface area (Å²) >= 11 is 1.30. The van der Waals surface area contributed by atoms with Gasteiger partial charge in [-0.2, -0.15) is 4.37 Å². The SMILES string of the molecule is Cc1cc(NC(=O)N2CCC(/C(N)=C3/NC=Nc4[nH]ccc43)CC2)sn1. The zero-order valence-corrected chi connectivity index (χ0v) is 15.3. The van der Waals surface area contributed by atoms with Gasteiger partial charge in [0.25, 0.3) is 0 Å². The van der Waals surface area contributed by atoms with Crippen molar-refractivity contribution in [3.05, 3.63) is 35.3 Å². The van der Waals surface area contributed by atoms with Crippen LogP contribution in [0, 0.1) is 12.8 Å². The average Bonchev–Trinajstić information content (AvgIpc) is 3.29. The van der Waals surface area contributed by atoms with E-state index >= 15 is 0 Å². The molecule has 26 heavy (non-hydrogen) atoms. The molecule has 0 saturated carbocycles. The molecule has 5 N–H and O–H groups in total. The number of amides is 2. The van der Waals surface area contributed by atoms with Gasteiger partial charge in [-0.05, 0) is 43.4 Å². The molecule has 9 heteroatoms. The Bertz CT molecular complexity index is 873. The Morgan fingerprint density at radius 2 is 2.23 bits per heavy atom. The van der Waals surface area contributed by atoms with Crippen molar-refractivity contribution in [2.45, 2.75) is 19.8 Å². The number of carbonyl (C=O) groups excluding carboxylic acids is 1. The fourth-order valence-corrected chi connectivity index (χ4v) is 4.00. The number of urea groups is 1. The molecule has 0 bridgehead atoms. The van der Waals surface area contributed by atoms with Crippen molar-refractivity contribution in [1.29, 1.82) is 0 Å². The van der Waals surface area contributed by atoms with E-state index in [9.17, 15) is 4.79 Å². The summed E-state index contributed by atoms with van der Waals surface area (Å²) in [4.78, 5) is 21.6. The van der Waals surface area contributed by atoms with Crippen molar-refractivity contribution in [1.82, 2.24) is 19.6 Å². The van der Waals surface area contributed by atoms with E-state index in [0.717, 1.165) is 46.3 Å². The van der Waals surface area contributed by atoms with Crippen molar-refractivity contribution >= 4 is 40.4 Å². The van der Waals surface area contributed by atoms with Crippen LogP contribution in [0.3, 0.4) is 0 Å². The number of H-pyrrole nitrogens is 1. The number of nitrogens with one attached hydrogen (secondary N) is 3. The van der Waals surface area contributed by atoms with Crippen LogP contribution in [0.5, 0.6) is 0 Å². The van der Waals surface area contributed by atoms with Gasteiger partial charge in [0, 0.05) is 36.5 Å². The summed E-state index contributed by atoms with van der Waals surface area (Å²) in [5.74, 6) is 1.06. The molecule has 2 aromatic rings. The lowest BCUT2D eigenvalue weighted by Crippen LogP contribution is -2.42. The summed E-state index contributed by atoms with van der Waals surface area (Å²) in [5, 5.41) is 6.87. The molecule has 0 aromatic carbocycles. The van der Waals surface area contributed by atoms with Crippen LogP contribution in [0.15, 0.2) is 29.0 Å². The normalized spacial score (nSPS) is 19.0. The number of aliphatic imine (C=N–C) groups is 1. The highest BCUT2D eigenvalue weighted by atomic mass is 32.1. The summed E-state index contributed by atoms with van der Waals surface area (Å²) < 4.78 is 4.18. The first-order chi connectivity index (χ1) is 12.6.